The normalized spacial score (nSPS) is 15.5. The molecule has 1 aliphatic heterocycles. The summed E-state index contributed by atoms with van der Waals surface area (Å²) in [4.78, 5) is 40.2. The molecule has 3 rings (SSSR count). The van der Waals surface area contributed by atoms with Crippen LogP contribution >= 0.6 is 0 Å². The lowest BCUT2D eigenvalue weighted by Crippen LogP contribution is -2.40. The molecule has 0 fully saturated rings. The number of carbonyl (C=O) groups excluding carboxylic acids is 3. The van der Waals surface area contributed by atoms with Gasteiger partial charge in [-0.25, -0.2) is 9.59 Å². The van der Waals surface area contributed by atoms with Gasteiger partial charge in [-0.1, -0.05) is 51.1 Å². The highest BCUT2D eigenvalue weighted by atomic mass is 16.5. The Labute approximate surface area is 221 Å². The molecule has 10 heteroatoms. The Morgan fingerprint density at radius 1 is 1.00 bits per heavy atom. The van der Waals surface area contributed by atoms with Gasteiger partial charge >= 0.3 is 11.9 Å². The fourth-order valence-corrected chi connectivity index (χ4v) is 4.01. The predicted molar refractivity (Wildman–Crippen MR) is 141 cm³/mol. The summed E-state index contributed by atoms with van der Waals surface area (Å²) in [6, 6.07) is 15.5. The zero-order chi connectivity index (χ0) is 28.2. The molecule has 1 atom stereocenters. The molecule has 0 saturated heterocycles. The first-order chi connectivity index (χ1) is 18.0. The van der Waals surface area contributed by atoms with Crippen molar-refractivity contribution in [2.45, 2.75) is 26.7 Å². The second-order valence-electron chi connectivity index (χ2n) is 9.42. The fraction of sp³-hybridized carbons (Fsp3) is 0.286. The number of hydrogen-bond acceptors (Lipinski definition) is 9. The van der Waals surface area contributed by atoms with Crippen molar-refractivity contribution in [3.05, 3.63) is 76.8 Å². The van der Waals surface area contributed by atoms with Crippen molar-refractivity contribution in [2.75, 3.05) is 31.5 Å². The molecule has 2 aromatic carbocycles. The minimum atomic E-state index is -0.980. The van der Waals surface area contributed by atoms with E-state index in [4.69, 9.17) is 19.9 Å². The van der Waals surface area contributed by atoms with E-state index in [9.17, 15) is 19.6 Å². The predicted octanol–water partition coefficient (Wildman–Crippen LogP) is 3.58. The van der Waals surface area contributed by atoms with Crippen LogP contribution in [0.3, 0.4) is 0 Å². The monoisotopic (exact) mass is 518 g/mol. The molecule has 1 heterocycles. The van der Waals surface area contributed by atoms with Crippen molar-refractivity contribution < 1.29 is 28.6 Å². The van der Waals surface area contributed by atoms with E-state index in [-0.39, 0.29) is 40.0 Å². The molecule has 0 aromatic heterocycles. The number of rotatable bonds is 6. The van der Waals surface area contributed by atoms with Gasteiger partial charge in [-0.2, -0.15) is 5.26 Å². The number of carbonyl (C=O) groups is 3. The Morgan fingerprint density at radius 3 is 2.16 bits per heavy atom. The number of nitrogens with two attached hydrogens (primary N) is 1. The van der Waals surface area contributed by atoms with Crippen LogP contribution in [0.2, 0.25) is 0 Å². The molecule has 1 amide bonds. The average Bonchev–Trinajstić information content (AvgIpc) is 2.91. The molecule has 0 saturated carbocycles. The van der Waals surface area contributed by atoms with Gasteiger partial charge in [0.15, 0.2) is 0 Å². The first-order valence-electron chi connectivity index (χ1n) is 11.6. The number of nitrogens with zero attached hydrogens (tertiary/aromatic N) is 2. The van der Waals surface area contributed by atoms with Gasteiger partial charge in [0.1, 0.15) is 17.3 Å². The number of anilines is 2. The van der Waals surface area contributed by atoms with Crippen molar-refractivity contribution in [2.24, 2.45) is 11.1 Å². The van der Waals surface area contributed by atoms with E-state index in [1.807, 2.05) is 0 Å². The lowest BCUT2D eigenvalue weighted by Gasteiger charge is -2.36. The Hall–Kier alpha value is -4.78. The van der Waals surface area contributed by atoms with Crippen LogP contribution in [0.15, 0.2) is 71.2 Å². The average molecular weight is 519 g/mol. The minimum Gasteiger partial charge on any atom is -0.494 e. The Balaban J connectivity index is 2.31. The van der Waals surface area contributed by atoms with Gasteiger partial charge in [0.25, 0.3) is 0 Å². The Kier molecular flexibility index (Phi) is 8.11. The molecular formula is C28H30N4O6. The van der Waals surface area contributed by atoms with Crippen molar-refractivity contribution in [1.29, 1.82) is 5.26 Å². The lowest BCUT2D eigenvalue weighted by molar-refractivity contribution is -0.139. The van der Waals surface area contributed by atoms with Gasteiger partial charge in [-0.05, 0) is 17.7 Å². The number of methoxy groups -OCH3 is 3. The maximum atomic E-state index is 13.2. The number of amides is 1. The summed E-state index contributed by atoms with van der Waals surface area (Å²) in [5.41, 5.74) is 6.81. The van der Waals surface area contributed by atoms with Crippen LogP contribution in [-0.4, -0.2) is 39.2 Å². The number of allylic oxidation sites excluding steroid dienone is 1. The summed E-state index contributed by atoms with van der Waals surface area (Å²) in [5.74, 6) is -2.72. The minimum absolute atomic E-state index is 0.0355. The van der Waals surface area contributed by atoms with Crippen LogP contribution in [0.25, 0.3) is 0 Å². The van der Waals surface area contributed by atoms with Gasteiger partial charge in [0, 0.05) is 11.5 Å². The summed E-state index contributed by atoms with van der Waals surface area (Å²) >= 11 is 0. The van der Waals surface area contributed by atoms with Gasteiger partial charge in [-0.3, -0.25) is 9.69 Å². The van der Waals surface area contributed by atoms with E-state index in [2.05, 4.69) is 11.4 Å². The van der Waals surface area contributed by atoms with Crippen molar-refractivity contribution in [3.8, 4) is 11.8 Å². The Bertz CT molecular complexity index is 1370. The summed E-state index contributed by atoms with van der Waals surface area (Å²) in [5, 5.41) is 13.0. The number of ether oxygens (including phenoxy) is 3. The molecule has 1 aliphatic rings. The third-order valence-electron chi connectivity index (χ3n) is 5.98. The highest BCUT2D eigenvalue weighted by Crippen LogP contribution is 2.44. The highest BCUT2D eigenvalue weighted by Gasteiger charge is 2.43. The molecule has 2 aromatic rings. The van der Waals surface area contributed by atoms with E-state index >= 15 is 0 Å². The number of nitrogens with one attached hydrogen (secondary N) is 1. The van der Waals surface area contributed by atoms with E-state index in [1.54, 1.807) is 63.2 Å². The van der Waals surface area contributed by atoms with Gasteiger partial charge in [0.2, 0.25) is 5.91 Å². The van der Waals surface area contributed by atoms with Crippen LogP contribution < -0.4 is 20.7 Å². The number of esters is 2. The standard InChI is InChI=1S/C28H30N4O6/c1-28(2,3)27(35)31-19-13-12-17(14-20(19)36-4)32-23(26(34)38-6)22(25(33)37-5)21(18(15-29)24(32)30)16-10-8-7-9-11-16/h7-14,21H,30H2,1-6H3,(H,31,35). The van der Waals surface area contributed by atoms with Gasteiger partial charge < -0.3 is 25.3 Å². The SMILES string of the molecule is COC(=O)C1=C(C(=O)OC)N(c2ccc(NC(=O)C(C)(C)C)c(OC)c2)C(N)=C(C#N)C1c1ccccc1. The highest BCUT2D eigenvalue weighted by molar-refractivity contribution is 6.06. The van der Waals surface area contributed by atoms with Crippen molar-refractivity contribution in [1.82, 2.24) is 0 Å². The van der Waals surface area contributed by atoms with E-state index in [0.717, 1.165) is 0 Å². The summed E-state index contributed by atoms with van der Waals surface area (Å²) < 4.78 is 15.6. The van der Waals surface area contributed by atoms with Crippen LogP contribution in [-0.2, 0) is 23.9 Å². The van der Waals surface area contributed by atoms with Gasteiger partial charge in [-0.15, -0.1) is 0 Å². The first kappa shape index (κ1) is 27.8. The summed E-state index contributed by atoms with van der Waals surface area (Å²) in [6.07, 6.45) is 0. The number of nitriles is 1. The quantitative estimate of drug-likeness (QED) is 0.548. The maximum absolute atomic E-state index is 13.2. The van der Waals surface area contributed by atoms with E-state index < -0.39 is 23.3 Å². The van der Waals surface area contributed by atoms with Crippen LogP contribution in [0.5, 0.6) is 5.75 Å². The third-order valence-corrected chi connectivity index (χ3v) is 5.98. The van der Waals surface area contributed by atoms with Crippen molar-refractivity contribution in [3.63, 3.8) is 0 Å². The fourth-order valence-electron chi connectivity index (χ4n) is 4.01. The molecule has 10 nitrogen and oxygen atoms in total. The second kappa shape index (κ2) is 11.1. The number of benzene rings is 2. The molecule has 0 bridgehead atoms. The molecule has 198 valence electrons. The van der Waals surface area contributed by atoms with Gasteiger partial charge in [0.05, 0.1) is 55.8 Å². The first-order valence-corrected chi connectivity index (χ1v) is 11.6. The molecule has 38 heavy (non-hydrogen) atoms. The molecule has 0 aliphatic carbocycles. The van der Waals surface area contributed by atoms with Crippen LogP contribution in [0.4, 0.5) is 11.4 Å². The third kappa shape index (κ3) is 5.18. The molecular weight excluding hydrogens is 488 g/mol. The molecule has 1 unspecified atom stereocenters. The molecule has 3 N–H and O–H groups in total. The molecule has 0 spiro atoms. The smallest absolute Gasteiger partial charge is 0.355 e. The van der Waals surface area contributed by atoms with Crippen molar-refractivity contribution >= 4 is 29.2 Å². The summed E-state index contributed by atoms with van der Waals surface area (Å²) in [6.45, 7) is 5.32. The number of hydrogen-bond donors (Lipinski definition) is 2. The topological polar surface area (TPSA) is 144 Å². The lowest BCUT2D eigenvalue weighted by atomic mass is 9.81. The Morgan fingerprint density at radius 2 is 1.63 bits per heavy atom. The second-order valence-corrected chi connectivity index (χ2v) is 9.42. The zero-order valence-electron chi connectivity index (χ0n) is 22.1. The molecule has 0 radical (unpaired) electrons. The maximum Gasteiger partial charge on any atom is 0.355 e. The summed E-state index contributed by atoms with van der Waals surface area (Å²) in [7, 11) is 3.77. The largest absolute Gasteiger partial charge is 0.494 e. The van der Waals surface area contributed by atoms with Crippen LogP contribution in [0, 0.1) is 16.7 Å². The van der Waals surface area contributed by atoms with E-state index in [1.165, 1.54) is 32.3 Å². The zero-order valence-corrected chi connectivity index (χ0v) is 22.1. The van der Waals surface area contributed by atoms with E-state index in [0.29, 0.717) is 11.3 Å². The van der Waals surface area contributed by atoms with Crippen LogP contribution in [0.1, 0.15) is 32.3 Å².